The highest BCUT2D eigenvalue weighted by atomic mass is 35.5. The van der Waals surface area contributed by atoms with E-state index >= 15 is 0 Å². The van der Waals surface area contributed by atoms with Crippen LogP contribution in [-0.2, 0) is 6.54 Å². The molecular formula is C8H5Cl2F3N6. The Hall–Kier alpha value is -1.61. The topological polar surface area (TPSA) is 68.5 Å². The van der Waals surface area contributed by atoms with Gasteiger partial charge in [0, 0.05) is 6.20 Å². The van der Waals surface area contributed by atoms with Crippen LogP contribution in [0.1, 0.15) is 0 Å². The second-order valence-corrected chi connectivity index (χ2v) is 4.04. The van der Waals surface area contributed by atoms with E-state index in [0.717, 1.165) is 17.1 Å². The zero-order chi connectivity index (χ0) is 14.0. The summed E-state index contributed by atoms with van der Waals surface area (Å²) in [6, 6.07) is 0. The molecule has 2 rings (SSSR count). The van der Waals surface area contributed by atoms with E-state index in [0.29, 0.717) is 0 Å². The van der Waals surface area contributed by atoms with Gasteiger partial charge in [0.15, 0.2) is 5.82 Å². The lowest BCUT2D eigenvalue weighted by Crippen LogP contribution is -2.16. The molecule has 0 unspecified atom stereocenters. The molecule has 2 heterocycles. The number of hydrogen-bond donors (Lipinski definition) is 1. The van der Waals surface area contributed by atoms with Crippen molar-refractivity contribution in [2.75, 3.05) is 5.32 Å². The van der Waals surface area contributed by atoms with Gasteiger partial charge in [0.05, 0.1) is 6.33 Å². The van der Waals surface area contributed by atoms with Gasteiger partial charge in [-0.2, -0.15) is 28.1 Å². The number of halogens is 5. The summed E-state index contributed by atoms with van der Waals surface area (Å²) < 4.78 is 37.3. The number of nitrogens with one attached hydrogen (secondary N) is 1. The molecule has 0 saturated carbocycles. The maximum absolute atomic E-state index is 12.1. The number of alkyl halides is 3. The molecule has 0 bridgehead atoms. The lowest BCUT2D eigenvalue weighted by Gasteiger charge is -2.05. The second-order valence-electron chi connectivity index (χ2n) is 3.37. The van der Waals surface area contributed by atoms with Gasteiger partial charge < -0.3 is 9.88 Å². The van der Waals surface area contributed by atoms with E-state index in [-0.39, 0.29) is 22.3 Å². The maximum Gasteiger partial charge on any atom is 0.406 e. The predicted octanol–water partition coefficient (Wildman–Crippen LogP) is 2.68. The van der Waals surface area contributed by atoms with Gasteiger partial charge in [-0.25, -0.2) is 4.98 Å². The molecule has 1 N–H and O–H groups in total. The van der Waals surface area contributed by atoms with Crippen LogP contribution in [-0.4, -0.2) is 30.7 Å². The van der Waals surface area contributed by atoms with Crippen LogP contribution < -0.4 is 5.32 Å². The van der Waals surface area contributed by atoms with E-state index in [1.165, 1.54) is 0 Å². The highest BCUT2D eigenvalue weighted by molar-refractivity contribution is 6.31. The van der Waals surface area contributed by atoms with Crippen LogP contribution in [0.2, 0.25) is 10.6 Å². The lowest BCUT2D eigenvalue weighted by atomic mass is 10.6. The fraction of sp³-hybridized carbons (Fsp3) is 0.250. The minimum Gasteiger partial charge on any atom is -0.326 e. The minimum absolute atomic E-state index is 0.0118. The fourth-order valence-corrected chi connectivity index (χ4v) is 1.58. The third kappa shape index (κ3) is 4.21. The van der Waals surface area contributed by atoms with Crippen LogP contribution in [0.25, 0.3) is 0 Å². The Morgan fingerprint density at radius 3 is 2.37 bits per heavy atom. The Morgan fingerprint density at radius 2 is 1.79 bits per heavy atom. The van der Waals surface area contributed by atoms with Crippen molar-refractivity contribution in [1.82, 2.24) is 24.5 Å². The Balaban J connectivity index is 2.11. The van der Waals surface area contributed by atoms with Gasteiger partial charge in [-0.3, -0.25) is 0 Å². The molecule has 11 heteroatoms. The lowest BCUT2D eigenvalue weighted by molar-refractivity contribution is -0.140. The van der Waals surface area contributed by atoms with Gasteiger partial charge in [-0.1, -0.05) is 0 Å². The van der Waals surface area contributed by atoms with Gasteiger partial charge in [0.2, 0.25) is 16.5 Å². The molecule has 102 valence electrons. The first-order valence-corrected chi connectivity index (χ1v) is 5.50. The fourth-order valence-electron chi connectivity index (χ4n) is 1.21. The molecule has 2 aromatic rings. The smallest absolute Gasteiger partial charge is 0.326 e. The normalized spacial score (nSPS) is 11.6. The van der Waals surface area contributed by atoms with Crippen LogP contribution in [0.15, 0.2) is 12.5 Å². The van der Waals surface area contributed by atoms with E-state index in [9.17, 15) is 13.2 Å². The van der Waals surface area contributed by atoms with E-state index < -0.39 is 12.7 Å². The zero-order valence-corrected chi connectivity index (χ0v) is 10.5. The minimum atomic E-state index is -4.32. The number of rotatable bonds is 3. The Morgan fingerprint density at radius 1 is 1.16 bits per heavy atom. The van der Waals surface area contributed by atoms with Gasteiger partial charge in [0.1, 0.15) is 6.54 Å². The summed E-state index contributed by atoms with van der Waals surface area (Å²) in [5.74, 6) is 0.116. The highest BCUT2D eigenvalue weighted by Crippen LogP contribution is 2.19. The largest absolute Gasteiger partial charge is 0.406 e. The summed E-state index contributed by atoms with van der Waals surface area (Å²) in [5.41, 5.74) is 0. The van der Waals surface area contributed by atoms with Gasteiger partial charge in [-0.05, 0) is 23.2 Å². The molecule has 0 aromatic carbocycles. The van der Waals surface area contributed by atoms with Gasteiger partial charge >= 0.3 is 6.18 Å². The van der Waals surface area contributed by atoms with Crippen molar-refractivity contribution in [1.29, 1.82) is 0 Å². The Labute approximate surface area is 114 Å². The van der Waals surface area contributed by atoms with Crippen LogP contribution in [0.4, 0.5) is 24.9 Å². The SMILES string of the molecule is FC(F)(F)Cn1cnc(Nc2nc(Cl)nc(Cl)n2)c1. The zero-order valence-electron chi connectivity index (χ0n) is 8.99. The Kier molecular flexibility index (Phi) is 3.76. The maximum atomic E-state index is 12.1. The number of hydrogen-bond acceptors (Lipinski definition) is 5. The molecule has 0 aliphatic heterocycles. The van der Waals surface area contributed by atoms with E-state index in [1.807, 2.05) is 0 Å². The van der Waals surface area contributed by atoms with E-state index in [2.05, 4.69) is 25.3 Å². The second kappa shape index (κ2) is 5.17. The molecule has 0 radical (unpaired) electrons. The summed E-state index contributed by atoms with van der Waals surface area (Å²) >= 11 is 11.1. The third-order valence-corrected chi connectivity index (χ3v) is 2.15. The monoisotopic (exact) mass is 312 g/mol. The average molecular weight is 313 g/mol. The number of aromatic nitrogens is 5. The first-order chi connectivity index (χ1) is 8.82. The van der Waals surface area contributed by atoms with Crippen molar-refractivity contribution < 1.29 is 13.2 Å². The van der Waals surface area contributed by atoms with Gasteiger partial charge in [-0.15, -0.1) is 0 Å². The molecule has 0 aliphatic rings. The molecule has 0 spiro atoms. The standard InChI is InChI=1S/C8H5Cl2F3N6/c9-5-16-6(10)18-7(17-5)15-4-1-19(3-14-4)2-8(11,12)13/h1,3H,2H2,(H,15,16,17,18). The van der Waals surface area contributed by atoms with Crippen molar-refractivity contribution in [3.8, 4) is 0 Å². The van der Waals surface area contributed by atoms with Crippen molar-refractivity contribution in [2.45, 2.75) is 12.7 Å². The molecule has 6 nitrogen and oxygen atoms in total. The predicted molar refractivity (Wildman–Crippen MR) is 61.4 cm³/mol. The quantitative estimate of drug-likeness (QED) is 0.943. The molecule has 19 heavy (non-hydrogen) atoms. The third-order valence-electron chi connectivity index (χ3n) is 1.82. The number of nitrogens with zero attached hydrogens (tertiary/aromatic N) is 5. The van der Waals surface area contributed by atoms with Crippen LogP contribution in [0, 0.1) is 0 Å². The average Bonchev–Trinajstić information content (AvgIpc) is 2.60. The van der Waals surface area contributed by atoms with Gasteiger partial charge in [0.25, 0.3) is 0 Å². The van der Waals surface area contributed by atoms with Crippen LogP contribution in [0.5, 0.6) is 0 Å². The Bertz CT molecular complexity index is 564. The van der Waals surface area contributed by atoms with E-state index in [4.69, 9.17) is 23.2 Å². The molecule has 0 atom stereocenters. The molecule has 2 aromatic heterocycles. The molecule has 0 fully saturated rings. The van der Waals surface area contributed by atoms with E-state index in [1.54, 1.807) is 0 Å². The van der Waals surface area contributed by atoms with Crippen molar-refractivity contribution in [3.05, 3.63) is 23.1 Å². The number of anilines is 2. The van der Waals surface area contributed by atoms with Crippen molar-refractivity contribution in [2.24, 2.45) is 0 Å². The molecule has 0 amide bonds. The molecule has 0 aliphatic carbocycles. The first kappa shape index (κ1) is 13.8. The van der Waals surface area contributed by atoms with Crippen LogP contribution in [0.3, 0.4) is 0 Å². The summed E-state index contributed by atoms with van der Waals surface area (Å²) in [7, 11) is 0. The first-order valence-electron chi connectivity index (χ1n) is 4.74. The summed E-state index contributed by atoms with van der Waals surface area (Å²) in [5, 5.41) is 2.28. The summed E-state index contributed by atoms with van der Waals surface area (Å²) in [6.07, 6.45) is -2.14. The summed E-state index contributed by atoms with van der Waals surface area (Å²) in [4.78, 5) is 14.6. The van der Waals surface area contributed by atoms with Crippen molar-refractivity contribution in [3.63, 3.8) is 0 Å². The molecule has 0 saturated heterocycles. The highest BCUT2D eigenvalue weighted by Gasteiger charge is 2.27. The number of imidazole rings is 1. The molecular weight excluding hydrogens is 308 g/mol. The summed E-state index contributed by atoms with van der Waals surface area (Å²) in [6.45, 7) is -1.14. The van der Waals surface area contributed by atoms with Crippen molar-refractivity contribution >= 4 is 35.0 Å². The van der Waals surface area contributed by atoms with Crippen LogP contribution >= 0.6 is 23.2 Å².